The van der Waals surface area contributed by atoms with Crippen molar-refractivity contribution >= 4 is 21.7 Å². The molecule has 1 heterocycles. The van der Waals surface area contributed by atoms with E-state index in [-0.39, 0.29) is 5.92 Å². The number of halogens is 1. The second-order valence-electron chi connectivity index (χ2n) is 5.66. The molecule has 0 aromatic carbocycles. The number of pyridine rings is 1. The van der Waals surface area contributed by atoms with Gasteiger partial charge in [0.15, 0.2) is 0 Å². The van der Waals surface area contributed by atoms with Crippen LogP contribution in [0, 0.1) is 17.8 Å². The van der Waals surface area contributed by atoms with Gasteiger partial charge in [0.25, 0.3) is 0 Å². The molecule has 18 heavy (non-hydrogen) atoms. The summed E-state index contributed by atoms with van der Waals surface area (Å²) in [5.74, 6) is 2.02. The van der Waals surface area contributed by atoms with Crippen LogP contribution in [-0.4, -0.2) is 10.8 Å². The van der Waals surface area contributed by atoms with Crippen molar-refractivity contribution < 1.29 is 4.79 Å². The number of Topliss-reactive ketones (excluding diaryl/α,β-unsaturated/α-hetero) is 1. The van der Waals surface area contributed by atoms with E-state index in [4.69, 9.17) is 0 Å². The monoisotopic (exact) mass is 309 g/mol. The van der Waals surface area contributed by atoms with Crippen molar-refractivity contribution in [2.75, 3.05) is 0 Å². The maximum atomic E-state index is 12.0. The predicted molar refractivity (Wildman–Crippen MR) is 76.3 cm³/mol. The number of carbonyl (C=O) groups excluding carboxylic acids is 1. The van der Waals surface area contributed by atoms with E-state index in [2.05, 4.69) is 40.8 Å². The first-order chi connectivity index (χ1) is 8.56. The van der Waals surface area contributed by atoms with Gasteiger partial charge in [-0.2, -0.15) is 0 Å². The van der Waals surface area contributed by atoms with E-state index in [1.807, 2.05) is 6.20 Å². The first-order valence-electron chi connectivity index (χ1n) is 6.68. The molecule has 2 nitrogen and oxygen atoms in total. The topological polar surface area (TPSA) is 30.0 Å². The molecule has 2 unspecified atom stereocenters. The van der Waals surface area contributed by atoms with Gasteiger partial charge in [0.05, 0.1) is 0 Å². The van der Waals surface area contributed by atoms with Crippen LogP contribution in [-0.2, 0) is 11.2 Å². The molecule has 1 aromatic heterocycles. The van der Waals surface area contributed by atoms with E-state index in [9.17, 15) is 4.79 Å². The molecule has 0 aliphatic heterocycles. The standard InChI is InChI=1S/C15H20BrNO/c1-10(2)12-3-4-15(18)13(7-12)5-11-6-14(16)9-17-8-11/h6,8-10,12-13H,3-5,7H2,1-2H3. The van der Waals surface area contributed by atoms with Crippen LogP contribution in [0.3, 0.4) is 0 Å². The van der Waals surface area contributed by atoms with E-state index in [1.165, 1.54) is 0 Å². The second-order valence-corrected chi connectivity index (χ2v) is 6.57. The average Bonchev–Trinajstić information content (AvgIpc) is 2.31. The highest BCUT2D eigenvalue weighted by molar-refractivity contribution is 9.10. The molecule has 0 saturated heterocycles. The zero-order valence-corrected chi connectivity index (χ0v) is 12.6. The van der Waals surface area contributed by atoms with Crippen LogP contribution in [0.5, 0.6) is 0 Å². The average molecular weight is 310 g/mol. The van der Waals surface area contributed by atoms with Crippen molar-refractivity contribution in [2.45, 2.75) is 39.5 Å². The zero-order valence-electron chi connectivity index (χ0n) is 11.0. The molecule has 1 aliphatic carbocycles. The fraction of sp³-hybridized carbons (Fsp3) is 0.600. The zero-order chi connectivity index (χ0) is 13.1. The number of nitrogens with zero attached hydrogens (tertiary/aromatic N) is 1. The quantitative estimate of drug-likeness (QED) is 0.844. The predicted octanol–water partition coefficient (Wildman–Crippen LogP) is 4.03. The van der Waals surface area contributed by atoms with Gasteiger partial charge in [-0.05, 0) is 58.7 Å². The third-order valence-electron chi connectivity index (χ3n) is 3.99. The number of rotatable bonds is 3. The fourth-order valence-electron chi connectivity index (χ4n) is 2.80. The molecule has 1 fully saturated rings. The number of hydrogen-bond donors (Lipinski definition) is 0. The van der Waals surface area contributed by atoms with Gasteiger partial charge in [-0.3, -0.25) is 9.78 Å². The molecule has 0 radical (unpaired) electrons. The lowest BCUT2D eigenvalue weighted by Gasteiger charge is -2.30. The Kier molecular flexibility index (Phi) is 4.55. The molecule has 3 heteroatoms. The summed E-state index contributed by atoms with van der Waals surface area (Å²) in [6.45, 7) is 4.52. The fourth-order valence-corrected chi connectivity index (χ4v) is 3.21. The molecule has 2 rings (SSSR count). The van der Waals surface area contributed by atoms with Crippen molar-refractivity contribution in [3.8, 4) is 0 Å². The molecule has 2 atom stereocenters. The Morgan fingerprint density at radius 1 is 1.44 bits per heavy atom. The number of hydrogen-bond acceptors (Lipinski definition) is 2. The highest BCUT2D eigenvalue weighted by atomic mass is 79.9. The number of ketones is 1. The van der Waals surface area contributed by atoms with Gasteiger partial charge in [-0.25, -0.2) is 0 Å². The normalized spacial score (nSPS) is 24.6. The Hall–Kier alpha value is -0.700. The Morgan fingerprint density at radius 3 is 2.89 bits per heavy atom. The van der Waals surface area contributed by atoms with Crippen molar-refractivity contribution in [1.82, 2.24) is 4.98 Å². The van der Waals surface area contributed by atoms with Gasteiger partial charge in [0.2, 0.25) is 0 Å². The van der Waals surface area contributed by atoms with E-state index < -0.39 is 0 Å². The molecule has 0 amide bonds. The number of aromatic nitrogens is 1. The van der Waals surface area contributed by atoms with Crippen molar-refractivity contribution in [1.29, 1.82) is 0 Å². The van der Waals surface area contributed by atoms with E-state index in [0.717, 1.165) is 35.7 Å². The van der Waals surface area contributed by atoms with Crippen LogP contribution in [0.1, 0.15) is 38.7 Å². The third-order valence-corrected chi connectivity index (χ3v) is 4.42. The molecule has 0 spiro atoms. The summed E-state index contributed by atoms with van der Waals surface area (Å²) < 4.78 is 0.990. The Labute approximate surface area is 117 Å². The van der Waals surface area contributed by atoms with E-state index >= 15 is 0 Å². The van der Waals surface area contributed by atoms with E-state index in [0.29, 0.717) is 17.6 Å². The van der Waals surface area contributed by atoms with Crippen molar-refractivity contribution in [3.05, 3.63) is 28.5 Å². The summed E-state index contributed by atoms with van der Waals surface area (Å²) in [7, 11) is 0. The molecule has 98 valence electrons. The van der Waals surface area contributed by atoms with E-state index in [1.54, 1.807) is 6.20 Å². The highest BCUT2D eigenvalue weighted by Gasteiger charge is 2.30. The maximum absolute atomic E-state index is 12.0. The van der Waals surface area contributed by atoms with Crippen LogP contribution >= 0.6 is 15.9 Å². The first kappa shape index (κ1) is 13.7. The lowest BCUT2D eigenvalue weighted by molar-refractivity contribution is -0.125. The van der Waals surface area contributed by atoms with Crippen LogP contribution < -0.4 is 0 Å². The molecular formula is C15H20BrNO. The van der Waals surface area contributed by atoms with Crippen LogP contribution in [0.15, 0.2) is 22.9 Å². The Balaban J connectivity index is 2.05. The summed E-state index contributed by atoms with van der Waals surface area (Å²) in [6.07, 6.45) is 7.37. The number of carbonyl (C=O) groups is 1. The lowest BCUT2D eigenvalue weighted by atomic mass is 9.74. The van der Waals surface area contributed by atoms with Crippen molar-refractivity contribution in [3.63, 3.8) is 0 Å². The van der Waals surface area contributed by atoms with Gasteiger partial charge in [0, 0.05) is 29.2 Å². The Bertz CT molecular complexity index is 430. The Morgan fingerprint density at radius 2 is 2.22 bits per heavy atom. The van der Waals surface area contributed by atoms with Gasteiger partial charge >= 0.3 is 0 Å². The minimum atomic E-state index is 0.197. The highest BCUT2D eigenvalue weighted by Crippen LogP contribution is 2.33. The second kappa shape index (κ2) is 5.96. The SMILES string of the molecule is CC(C)C1CCC(=O)C(Cc2cncc(Br)c2)C1. The summed E-state index contributed by atoms with van der Waals surface area (Å²) in [6, 6.07) is 2.07. The molecule has 0 bridgehead atoms. The molecule has 1 aromatic rings. The molecule has 0 N–H and O–H groups in total. The smallest absolute Gasteiger partial charge is 0.136 e. The summed E-state index contributed by atoms with van der Waals surface area (Å²) in [5, 5.41) is 0. The van der Waals surface area contributed by atoms with Gasteiger partial charge < -0.3 is 0 Å². The lowest BCUT2D eigenvalue weighted by Crippen LogP contribution is -2.28. The minimum Gasteiger partial charge on any atom is -0.299 e. The van der Waals surface area contributed by atoms with Gasteiger partial charge in [0.1, 0.15) is 5.78 Å². The summed E-state index contributed by atoms with van der Waals surface area (Å²) in [4.78, 5) is 16.2. The van der Waals surface area contributed by atoms with Gasteiger partial charge in [-0.1, -0.05) is 13.8 Å². The molecular weight excluding hydrogens is 290 g/mol. The van der Waals surface area contributed by atoms with Gasteiger partial charge in [-0.15, -0.1) is 0 Å². The maximum Gasteiger partial charge on any atom is 0.136 e. The first-order valence-corrected chi connectivity index (χ1v) is 7.47. The third kappa shape index (κ3) is 3.41. The van der Waals surface area contributed by atoms with Crippen LogP contribution in [0.2, 0.25) is 0 Å². The molecule has 1 saturated carbocycles. The summed E-state index contributed by atoms with van der Waals surface area (Å²) in [5.41, 5.74) is 1.16. The molecule has 1 aliphatic rings. The van der Waals surface area contributed by atoms with Crippen LogP contribution in [0.4, 0.5) is 0 Å². The summed E-state index contributed by atoms with van der Waals surface area (Å²) >= 11 is 3.43. The largest absolute Gasteiger partial charge is 0.299 e. The van der Waals surface area contributed by atoms with Crippen LogP contribution in [0.25, 0.3) is 0 Å². The van der Waals surface area contributed by atoms with Crippen molar-refractivity contribution in [2.24, 2.45) is 17.8 Å². The minimum absolute atomic E-state index is 0.197.